The molecule has 0 atom stereocenters. The molecule has 0 aliphatic carbocycles. The first-order valence-electron chi connectivity index (χ1n) is 13.3. The molecule has 167 valence electrons. The highest BCUT2D eigenvalue weighted by molar-refractivity contribution is 5.82. The Morgan fingerprint density at radius 3 is 1.50 bits per heavy atom. The summed E-state index contributed by atoms with van der Waals surface area (Å²) in [6.45, 7) is 2.30. The van der Waals surface area contributed by atoms with E-state index in [4.69, 9.17) is 0 Å². The van der Waals surface area contributed by atoms with Crippen molar-refractivity contribution in [3.05, 3.63) is 48.0 Å². The number of aryl methyl sites for hydroxylation is 1. The van der Waals surface area contributed by atoms with E-state index < -0.39 is 0 Å². The van der Waals surface area contributed by atoms with Gasteiger partial charge in [0.25, 0.3) is 0 Å². The summed E-state index contributed by atoms with van der Waals surface area (Å²) in [5.74, 6) is 0. The van der Waals surface area contributed by atoms with Crippen molar-refractivity contribution >= 4 is 10.8 Å². The number of hydrogen-bond acceptors (Lipinski definition) is 0. The van der Waals surface area contributed by atoms with E-state index in [1.54, 1.807) is 0 Å². The number of hydrogen-bond donors (Lipinski definition) is 0. The molecular weight excluding hydrogens is 360 g/mol. The highest BCUT2D eigenvalue weighted by Gasteiger charge is 1.98. The van der Waals surface area contributed by atoms with Gasteiger partial charge in [-0.05, 0) is 35.2 Å². The summed E-state index contributed by atoms with van der Waals surface area (Å²) in [4.78, 5) is 0. The monoisotopic (exact) mass is 407 g/mol. The molecule has 0 saturated heterocycles. The molecule has 0 spiro atoms. The number of fused-ring (bicyclic) bond motifs is 1. The largest absolute Gasteiger partial charge is 0.0654 e. The van der Waals surface area contributed by atoms with Crippen LogP contribution in [0.1, 0.15) is 128 Å². The van der Waals surface area contributed by atoms with Gasteiger partial charge in [-0.1, -0.05) is 152 Å². The van der Waals surface area contributed by atoms with E-state index in [1.807, 2.05) is 0 Å². The van der Waals surface area contributed by atoms with Gasteiger partial charge in [-0.15, -0.1) is 0 Å². The predicted octanol–water partition coefficient (Wildman–Crippen LogP) is 10.2. The van der Waals surface area contributed by atoms with Gasteiger partial charge in [0.1, 0.15) is 0 Å². The van der Waals surface area contributed by atoms with Crippen LogP contribution in [-0.4, -0.2) is 0 Å². The molecule has 0 aromatic heterocycles. The Balaban J connectivity index is 1.31. The minimum atomic E-state index is 1.18. The van der Waals surface area contributed by atoms with Crippen molar-refractivity contribution in [2.45, 2.75) is 129 Å². The third-order valence-electron chi connectivity index (χ3n) is 6.52. The fourth-order valence-electron chi connectivity index (χ4n) is 4.52. The third kappa shape index (κ3) is 11.8. The van der Waals surface area contributed by atoms with E-state index in [-0.39, 0.29) is 0 Å². The van der Waals surface area contributed by atoms with Crippen LogP contribution < -0.4 is 0 Å². The average molecular weight is 408 g/mol. The first-order chi connectivity index (χ1) is 14.9. The summed E-state index contributed by atoms with van der Waals surface area (Å²) in [5, 5.41) is 2.57. The molecule has 0 heterocycles. The first-order valence-corrected chi connectivity index (χ1v) is 13.3. The number of rotatable bonds is 19. The van der Waals surface area contributed by atoms with Gasteiger partial charge in [0.05, 0.1) is 0 Å². The van der Waals surface area contributed by atoms with Gasteiger partial charge in [-0.2, -0.15) is 0 Å². The van der Waals surface area contributed by atoms with E-state index in [1.165, 1.54) is 138 Å². The van der Waals surface area contributed by atoms with E-state index in [0.717, 1.165) is 0 Å². The zero-order valence-corrected chi connectivity index (χ0v) is 19.9. The quantitative estimate of drug-likeness (QED) is 0.203. The summed E-state index contributed by atoms with van der Waals surface area (Å²) in [6.07, 6.45) is 27.1. The van der Waals surface area contributed by atoms with Crippen LogP contribution in [-0.2, 0) is 6.42 Å². The van der Waals surface area contributed by atoms with Crippen LogP contribution in [0, 0.1) is 6.07 Å². The van der Waals surface area contributed by atoms with Crippen molar-refractivity contribution in [3.8, 4) is 0 Å². The molecule has 0 unspecified atom stereocenters. The van der Waals surface area contributed by atoms with Gasteiger partial charge < -0.3 is 0 Å². The maximum absolute atomic E-state index is 3.58. The summed E-state index contributed by atoms with van der Waals surface area (Å²) in [5.41, 5.74) is 1.38. The second kappa shape index (κ2) is 17.4. The standard InChI is InChI=1S/C30H47/c1-2-3-4-5-6-7-8-9-10-11-12-13-14-15-16-17-18-19-22-28-25-26-29-23-20-21-24-30(29)27-28/h20-21,23-26H,2-19,22H2,1H3. The van der Waals surface area contributed by atoms with Crippen molar-refractivity contribution < 1.29 is 0 Å². The molecule has 0 aliphatic rings. The smallest absolute Gasteiger partial charge is 0.00643 e. The topological polar surface area (TPSA) is 0 Å². The van der Waals surface area contributed by atoms with Crippen molar-refractivity contribution in [2.75, 3.05) is 0 Å². The van der Waals surface area contributed by atoms with Crippen molar-refractivity contribution in [1.29, 1.82) is 0 Å². The molecular formula is C30H47. The van der Waals surface area contributed by atoms with Gasteiger partial charge in [0, 0.05) is 0 Å². The molecule has 0 fully saturated rings. The lowest BCUT2D eigenvalue weighted by atomic mass is 10.0. The lowest BCUT2D eigenvalue weighted by Gasteiger charge is -2.05. The lowest BCUT2D eigenvalue weighted by molar-refractivity contribution is 0.525. The number of unbranched alkanes of at least 4 members (excludes halogenated alkanes) is 17. The van der Waals surface area contributed by atoms with Crippen LogP contribution in [0.5, 0.6) is 0 Å². The second-order valence-electron chi connectivity index (χ2n) is 9.33. The van der Waals surface area contributed by atoms with Gasteiger partial charge >= 0.3 is 0 Å². The van der Waals surface area contributed by atoms with Crippen LogP contribution in [0.3, 0.4) is 0 Å². The fraction of sp³-hybridized carbons (Fsp3) is 0.667. The Morgan fingerprint density at radius 2 is 0.967 bits per heavy atom. The third-order valence-corrected chi connectivity index (χ3v) is 6.52. The van der Waals surface area contributed by atoms with E-state index in [0.29, 0.717) is 0 Å². The summed E-state index contributed by atoms with van der Waals surface area (Å²) >= 11 is 0. The van der Waals surface area contributed by atoms with E-state index in [9.17, 15) is 0 Å². The zero-order valence-electron chi connectivity index (χ0n) is 19.9. The molecule has 0 bridgehead atoms. The zero-order chi connectivity index (χ0) is 21.1. The fourth-order valence-corrected chi connectivity index (χ4v) is 4.52. The van der Waals surface area contributed by atoms with Gasteiger partial charge in [-0.3, -0.25) is 0 Å². The average Bonchev–Trinajstić information content (AvgIpc) is 2.78. The second-order valence-corrected chi connectivity index (χ2v) is 9.33. The summed E-state index contributed by atoms with van der Waals surface area (Å²) < 4.78 is 0. The van der Waals surface area contributed by atoms with E-state index >= 15 is 0 Å². The molecule has 30 heavy (non-hydrogen) atoms. The predicted molar refractivity (Wildman–Crippen MR) is 135 cm³/mol. The Hall–Kier alpha value is -1.30. The Kier molecular flexibility index (Phi) is 14.5. The molecule has 2 aromatic rings. The number of benzene rings is 2. The first kappa shape index (κ1) is 25.0. The minimum Gasteiger partial charge on any atom is -0.0654 e. The van der Waals surface area contributed by atoms with Crippen LogP contribution >= 0.6 is 0 Å². The van der Waals surface area contributed by atoms with Gasteiger partial charge in [0.2, 0.25) is 0 Å². The Morgan fingerprint density at radius 1 is 0.500 bits per heavy atom. The highest BCUT2D eigenvalue weighted by atomic mass is 14.0. The maximum Gasteiger partial charge on any atom is -0.00643 e. The molecule has 0 heteroatoms. The Bertz CT molecular complexity index is 641. The molecule has 0 amide bonds. The van der Waals surface area contributed by atoms with Crippen molar-refractivity contribution in [2.24, 2.45) is 0 Å². The molecule has 2 rings (SSSR count). The highest BCUT2D eigenvalue weighted by Crippen LogP contribution is 2.18. The van der Waals surface area contributed by atoms with Gasteiger partial charge in [0.15, 0.2) is 0 Å². The molecule has 0 saturated carbocycles. The minimum absolute atomic E-state index is 1.18. The summed E-state index contributed by atoms with van der Waals surface area (Å²) in [6, 6.07) is 16.7. The summed E-state index contributed by atoms with van der Waals surface area (Å²) in [7, 11) is 0. The van der Waals surface area contributed by atoms with Crippen LogP contribution in [0.4, 0.5) is 0 Å². The maximum atomic E-state index is 3.58. The van der Waals surface area contributed by atoms with Crippen LogP contribution in [0.2, 0.25) is 0 Å². The van der Waals surface area contributed by atoms with Crippen LogP contribution in [0.15, 0.2) is 36.4 Å². The molecule has 0 nitrogen and oxygen atoms in total. The normalized spacial score (nSPS) is 11.4. The molecule has 2 aromatic carbocycles. The molecule has 0 aliphatic heterocycles. The van der Waals surface area contributed by atoms with E-state index in [2.05, 4.69) is 49.4 Å². The molecule has 1 radical (unpaired) electrons. The van der Waals surface area contributed by atoms with Crippen molar-refractivity contribution in [1.82, 2.24) is 0 Å². The lowest BCUT2D eigenvalue weighted by Crippen LogP contribution is -1.87. The Labute approximate surface area is 187 Å². The van der Waals surface area contributed by atoms with Crippen LogP contribution in [0.25, 0.3) is 10.8 Å². The molecule has 0 N–H and O–H groups in total. The van der Waals surface area contributed by atoms with Crippen molar-refractivity contribution in [3.63, 3.8) is 0 Å². The van der Waals surface area contributed by atoms with Gasteiger partial charge in [-0.25, -0.2) is 0 Å². The SMILES string of the molecule is CCCCCCCCCCCCCCCCCCCCc1[c]c2ccccc2cc1.